The second-order valence-electron chi connectivity index (χ2n) is 2.50. The van der Waals surface area contributed by atoms with Crippen LogP contribution in [-0.4, -0.2) is 19.0 Å². The Morgan fingerprint density at radius 3 is 2.36 bits per heavy atom. The van der Waals surface area contributed by atoms with Crippen LogP contribution in [0, 0.1) is 0 Å². The lowest BCUT2D eigenvalue weighted by Crippen LogP contribution is -2.07. The largest absolute Gasteiger partial charge is 0.378 e. The first kappa shape index (κ1) is 9.95. The van der Waals surface area contributed by atoms with Crippen LogP contribution in [0.4, 0.5) is 4.39 Å². The summed E-state index contributed by atoms with van der Waals surface area (Å²) in [5.74, 6) is -0.201. The third-order valence-corrected chi connectivity index (χ3v) is 1.19. The van der Waals surface area contributed by atoms with Gasteiger partial charge in [0.05, 0.1) is 5.83 Å². The van der Waals surface area contributed by atoms with Crippen LogP contribution in [0.5, 0.6) is 0 Å². The highest BCUT2D eigenvalue weighted by Gasteiger charge is 1.86. The van der Waals surface area contributed by atoms with E-state index < -0.39 is 0 Å². The summed E-state index contributed by atoms with van der Waals surface area (Å²) < 4.78 is 12.1. The summed E-state index contributed by atoms with van der Waals surface area (Å²) in [4.78, 5) is 1.86. The Labute approximate surface area is 67.5 Å². The molecule has 0 spiro atoms. The molecule has 0 N–H and O–H groups in total. The van der Waals surface area contributed by atoms with E-state index in [0.717, 1.165) is 5.70 Å². The minimum atomic E-state index is -0.201. The fraction of sp³-hybridized carbons (Fsp3) is 0.333. The van der Waals surface area contributed by atoms with E-state index in [2.05, 4.69) is 6.58 Å². The first-order valence-electron chi connectivity index (χ1n) is 3.40. The molecule has 0 bridgehead atoms. The van der Waals surface area contributed by atoms with Crippen LogP contribution in [0.25, 0.3) is 0 Å². The van der Waals surface area contributed by atoms with Gasteiger partial charge in [0.1, 0.15) is 0 Å². The molecular weight excluding hydrogens is 141 g/mol. The van der Waals surface area contributed by atoms with Crippen LogP contribution in [0.15, 0.2) is 36.3 Å². The Balaban J connectivity index is 3.95. The van der Waals surface area contributed by atoms with Crippen molar-refractivity contribution in [1.29, 1.82) is 0 Å². The zero-order valence-corrected chi connectivity index (χ0v) is 7.26. The standard InChI is InChI=1S/C9H14FN/c1-8(10)6-5-7-9(2)11(3)4/h5-7H,2H2,1,3-4H3/b7-5-,8-6+. The highest BCUT2D eigenvalue weighted by atomic mass is 19.1. The molecule has 0 aromatic heterocycles. The average Bonchev–Trinajstić information content (AvgIpc) is 1.86. The number of hydrogen-bond donors (Lipinski definition) is 0. The monoisotopic (exact) mass is 155 g/mol. The van der Waals surface area contributed by atoms with Gasteiger partial charge in [0.2, 0.25) is 0 Å². The maximum absolute atomic E-state index is 12.1. The van der Waals surface area contributed by atoms with E-state index in [0.29, 0.717) is 0 Å². The molecule has 0 rings (SSSR count). The lowest BCUT2D eigenvalue weighted by atomic mass is 10.3. The summed E-state index contributed by atoms with van der Waals surface area (Å²) in [7, 11) is 3.78. The molecule has 0 fully saturated rings. The van der Waals surface area contributed by atoms with Crippen molar-refractivity contribution in [2.45, 2.75) is 6.92 Å². The molecule has 0 aliphatic rings. The SMILES string of the molecule is C=C(/C=C\C=C(/C)F)N(C)C. The summed E-state index contributed by atoms with van der Waals surface area (Å²) in [5.41, 5.74) is 0.850. The summed E-state index contributed by atoms with van der Waals surface area (Å²) in [6.07, 6.45) is 4.79. The number of likely N-dealkylation sites (N-methyl/N-ethyl adjacent to an activating group) is 1. The highest BCUT2D eigenvalue weighted by Crippen LogP contribution is 1.98. The van der Waals surface area contributed by atoms with Crippen molar-refractivity contribution in [3.8, 4) is 0 Å². The molecule has 0 heterocycles. The van der Waals surface area contributed by atoms with Gasteiger partial charge in [0.15, 0.2) is 0 Å². The molecular formula is C9H14FN. The molecule has 0 aromatic rings. The Hall–Kier alpha value is -1.05. The Bertz CT molecular complexity index is 186. The van der Waals surface area contributed by atoms with Gasteiger partial charge in [-0.25, -0.2) is 4.39 Å². The van der Waals surface area contributed by atoms with Gasteiger partial charge in [0, 0.05) is 19.8 Å². The lowest BCUT2D eigenvalue weighted by Gasteiger charge is -2.10. The van der Waals surface area contributed by atoms with Crippen LogP contribution >= 0.6 is 0 Å². The van der Waals surface area contributed by atoms with Crippen molar-refractivity contribution in [2.75, 3.05) is 14.1 Å². The van der Waals surface area contributed by atoms with Gasteiger partial charge < -0.3 is 4.90 Å². The zero-order valence-electron chi connectivity index (χ0n) is 7.26. The molecule has 0 saturated heterocycles. The zero-order chi connectivity index (χ0) is 8.85. The molecule has 1 nitrogen and oxygen atoms in total. The van der Waals surface area contributed by atoms with Crippen LogP contribution in [0.2, 0.25) is 0 Å². The minimum absolute atomic E-state index is 0.201. The second-order valence-corrected chi connectivity index (χ2v) is 2.50. The predicted molar refractivity (Wildman–Crippen MR) is 46.8 cm³/mol. The van der Waals surface area contributed by atoms with Gasteiger partial charge in [-0.15, -0.1) is 0 Å². The van der Waals surface area contributed by atoms with E-state index in [1.54, 1.807) is 12.2 Å². The molecule has 0 aliphatic carbocycles. The van der Waals surface area contributed by atoms with Crippen LogP contribution < -0.4 is 0 Å². The molecule has 11 heavy (non-hydrogen) atoms. The summed E-state index contributed by atoms with van der Waals surface area (Å²) >= 11 is 0. The Morgan fingerprint density at radius 1 is 1.45 bits per heavy atom. The van der Waals surface area contributed by atoms with Gasteiger partial charge >= 0.3 is 0 Å². The van der Waals surface area contributed by atoms with Gasteiger partial charge in [-0.3, -0.25) is 0 Å². The van der Waals surface area contributed by atoms with E-state index in [1.165, 1.54) is 13.0 Å². The molecule has 0 aromatic carbocycles. The van der Waals surface area contributed by atoms with Gasteiger partial charge in [0.25, 0.3) is 0 Å². The molecule has 2 heteroatoms. The second kappa shape index (κ2) is 4.72. The molecule has 0 saturated carbocycles. The van der Waals surface area contributed by atoms with Crippen molar-refractivity contribution in [3.63, 3.8) is 0 Å². The topological polar surface area (TPSA) is 3.24 Å². The predicted octanol–water partition coefficient (Wildman–Crippen LogP) is 2.49. The molecule has 0 aliphatic heterocycles. The average molecular weight is 155 g/mol. The smallest absolute Gasteiger partial charge is 0.0968 e. The first-order chi connectivity index (χ1) is 5.04. The van der Waals surface area contributed by atoms with Crippen LogP contribution in [-0.2, 0) is 0 Å². The number of hydrogen-bond acceptors (Lipinski definition) is 1. The van der Waals surface area contributed by atoms with Gasteiger partial charge in [-0.1, -0.05) is 12.7 Å². The van der Waals surface area contributed by atoms with E-state index in [9.17, 15) is 4.39 Å². The van der Waals surface area contributed by atoms with Gasteiger partial charge in [-0.05, 0) is 19.1 Å². The highest BCUT2D eigenvalue weighted by molar-refractivity contribution is 5.18. The lowest BCUT2D eigenvalue weighted by molar-refractivity contribution is 0.532. The molecule has 0 unspecified atom stereocenters. The van der Waals surface area contributed by atoms with Gasteiger partial charge in [-0.2, -0.15) is 0 Å². The normalized spacial score (nSPS) is 12.2. The minimum Gasteiger partial charge on any atom is -0.378 e. The Morgan fingerprint density at radius 2 is 2.00 bits per heavy atom. The van der Waals surface area contributed by atoms with Crippen molar-refractivity contribution >= 4 is 0 Å². The maximum atomic E-state index is 12.1. The number of allylic oxidation sites excluding steroid dienone is 4. The third kappa shape index (κ3) is 5.40. The fourth-order valence-electron chi connectivity index (χ4n) is 0.441. The molecule has 0 radical (unpaired) electrons. The van der Waals surface area contributed by atoms with Crippen molar-refractivity contribution in [2.24, 2.45) is 0 Å². The van der Waals surface area contributed by atoms with E-state index in [1.807, 2.05) is 19.0 Å². The summed E-state index contributed by atoms with van der Waals surface area (Å²) in [6.45, 7) is 5.14. The van der Waals surface area contributed by atoms with E-state index in [-0.39, 0.29) is 5.83 Å². The number of nitrogens with zero attached hydrogens (tertiary/aromatic N) is 1. The van der Waals surface area contributed by atoms with Crippen LogP contribution in [0.1, 0.15) is 6.92 Å². The molecule has 62 valence electrons. The first-order valence-corrected chi connectivity index (χ1v) is 3.40. The van der Waals surface area contributed by atoms with Crippen molar-refractivity contribution in [1.82, 2.24) is 4.90 Å². The molecule has 0 amide bonds. The number of halogens is 1. The van der Waals surface area contributed by atoms with E-state index >= 15 is 0 Å². The summed E-state index contributed by atoms with van der Waals surface area (Å²) in [5, 5.41) is 0. The quantitative estimate of drug-likeness (QED) is 0.566. The van der Waals surface area contributed by atoms with Crippen molar-refractivity contribution < 1.29 is 4.39 Å². The van der Waals surface area contributed by atoms with E-state index in [4.69, 9.17) is 0 Å². The third-order valence-electron chi connectivity index (χ3n) is 1.19. The van der Waals surface area contributed by atoms with Crippen LogP contribution in [0.3, 0.4) is 0 Å². The Kier molecular flexibility index (Phi) is 4.27. The summed E-state index contributed by atoms with van der Waals surface area (Å²) in [6, 6.07) is 0. The maximum Gasteiger partial charge on any atom is 0.0968 e. The molecule has 0 atom stereocenters. The fourth-order valence-corrected chi connectivity index (χ4v) is 0.441. The van der Waals surface area contributed by atoms with Crippen molar-refractivity contribution in [3.05, 3.63) is 36.3 Å². The number of rotatable bonds is 3.